The molecule has 152 valence electrons. The van der Waals surface area contributed by atoms with Crippen LogP contribution in [0.2, 0.25) is 0 Å². The van der Waals surface area contributed by atoms with Crippen LogP contribution in [0, 0.1) is 6.92 Å². The van der Waals surface area contributed by atoms with E-state index in [1.54, 1.807) is 38.0 Å². The number of nitrogens with one attached hydrogen (secondary N) is 1. The molecule has 0 spiro atoms. The minimum Gasteiger partial charge on any atom is -0.497 e. The number of ether oxygens (including phenoxy) is 3. The van der Waals surface area contributed by atoms with Crippen molar-refractivity contribution in [2.45, 2.75) is 20.4 Å². The van der Waals surface area contributed by atoms with Gasteiger partial charge in [-0.05, 0) is 56.3 Å². The van der Waals surface area contributed by atoms with Crippen LogP contribution in [0.25, 0.3) is 5.69 Å². The third-order valence-corrected chi connectivity index (χ3v) is 4.43. The Morgan fingerprint density at radius 3 is 2.45 bits per heavy atom. The lowest BCUT2D eigenvalue weighted by atomic mass is 10.2. The Morgan fingerprint density at radius 2 is 1.79 bits per heavy atom. The van der Waals surface area contributed by atoms with Crippen LogP contribution in [0.1, 0.15) is 28.7 Å². The van der Waals surface area contributed by atoms with Gasteiger partial charge in [-0.15, -0.1) is 5.10 Å². The van der Waals surface area contributed by atoms with Crippen molar-refractivity contribution < 1.29 is 19.0 Å². The van der Waals surface area contributed by atoms with Crippen LogP contribution in [-0.4, -0.2) is 41.7 Å². The van der Waals surface area contributed by atoms with Crippen LogP contribution >= 0.6 is 0 Å². The molecule has 0 saturated carbocycles. The first kappa shape index (κ1) is 20.2. The first-order chi connectivity index (χ1) is 14.1. The first-order valence-electron chi connectivity index (χ1n) is 9.22. The molecule has 8 heteroatoms. The van der Waals surface area contributed by atoms with Crippen molar-refractivity contribution >= 4 is 5.91 Å². The van der Waals surface area contributed by atoms with Crippen LogP contribution in [0.5, 0.6) is 17.2 Å². The van der Waals surface area contributed by atoms with E-state index in [9.17, 15) is 4.79 Å². The van der Waals surface area contributed by atoms with E-state index < -0.39 is 0 Å². The van der Waals surface area contributed by atoms with E-state index in [2.05, 4.69) is 15.6 Å². The van der Waals surface area contributed by atoms with Crippen molar-refractivity contribution in [1.82, 2.24) is 20.3 Å². The fourth-order valence-electron chi connectivity index (χ4n) is 2.91. The number of carbonyl (C=O) groups is 1. The molecule has 0 fully saturated rings. The summed E-state index contributed by atoms with van der Waals surface area (Å²) >= 11 is 0. The number of methoxy groups -OCH3 is 2. The highest BCUT2D eigenvalue weighted by atomic mass is 16.5. The van der Waals surface area contributed by atoms with Gasteiger partial charge in [0.15, 0.2) is 5.69 Å². The summed E-state index contributed by atoms with van der Waals surface area (Å²) in [7, 11) is 3.17. The molecule has 1 amide bonds. The fraction of sp³-hybridized carbons (Fsp3) is 0.286. The maximum Gasteiger partial charge on any atom is 0.274 e. The largest absolute Gasteiger partial charge is 0.497 e. The second kappa shape index (κ2) is 9.09. The molecule has 0 aliphatic carbocycles. The molecule has 2 aromatic carbocycles. The molecule has 3 rings (SSSR count). The second-order valence-corrected chi connectivity index (χ2v) is 6.22. The van der Waals surface area contributed by atoms with Gasteiger partial charge in [-0.3, -0.25) is 4.79 Å². The van der Waals surface area contributed by atoms with Gasteiger partial charge in [0.2, 0.25) is 0 Å². The molecule has 3 aromatic rings. The van der Waals surface area contributed by atoms with Crippen molar-refractivity contribution in [3.05, 3.63) is 59.4 Å². The number of benzene rings is 2. The van der Waals surface area contributed by atoms with Crippen molar-refractivity contribution in [3.8, 4) is 22.9 Å². The van der Waals surface area contributed by atoms with Gasteiger partial charge < -0.3 is 19.5 Å². The number of aromatic nitrogens is 3. The number of nitrogens with zero attached hydrogens (tertiary/aromatic N) is 3. The Labute approximate surface area is 169 Å². The highest BCUT2D eigenvalue weighted by Gasteiger charge is 2.18. The summed E-state index contributed by atoms with van der Waals surface area (Å²) in [6.07, 6.45) is 0. The van der Waals surface area contributed by atoms with Gasteiger partial charge in [-0.25, -0.2) is 4.68 Å². The molecule has 0 atom stereocenters. The molecule has 1 N–H and O–H groups in total. The molecule has 0 radical (unpaired) electrons. The zero-order chi connectivity index (χ0) is 20.8. The Balaban J connectivity index is 1.74. The minimum atomic E-state index is -0.315. The van der Waals surface area contributed by atoms with Crippen molar-refractivity contribution in [1.29, 1.82) is 0 Å². The third-order valence-electron chi connectivity index (χ3n) is 4.43. The van der Waals surface area contributed by atoms with Crippen LogP contribution in [0.3, 0.4) is 0 Å². The molecule has 29 heavy (non-hydrogen) atoms. The molecule has 0 unspecified atom stereocenters. The topological polar surface area (TPSA) is 87.5 Å². The quantitative estimate of drug-likeness (QED) is 0.630. The van der Waals surface area contributed by atoms with E-state index in [0.29, 0.717) is 23.8 Å². The van der Waals surface area contributed by atoms with Crippen molar-refractivity contribution in [3.63, 3.8) is 0 Å². The highest BCUT2D eigenvalue weighted by molar-refractivity contribution is 5.93. The normalized spacial score (nSPS) is 10.5. The summed E-state index contributed by atoms with van der Waals surface area (Å²) in [4.78, 5) is 12.7. The fourth-order valence-corrected chi connectivity index (χ4v) is 2.91. The maximum absolute atomic E-state index is 12.7. The van der Waals surface area contributed by atoms with E-state index in [0.717, 1.165) is 17.0 Å². The van der Waals surface area contributed by atoms with E-state index >= 15 is 0 Å². The third kappa shape index (κ3) is 4.48. The van der Waals surface area contributed by atoms with E-state index in [4.69, 9.17) is 14.2 Å². The Hall–Kier alpha value is -3.55. The Bertz CT molecular complexity index is 983. The molecular weight excluding hydrogens is 372 g/mol. The van der Waals surface area contributed by atoms with E-state index in [1.807, 2.05) is 37.3 Å². The maximum atomic E-state index is 12.7. The number of carbonyl (C=O) groups excluding carboxylic acids is 1. The van der Waals surface area contributed by atoms with Crippen LogP contribution < -0.4 is 19.5 Å². The summed E-state index contributed by atoms with van der Waals surface area (Å²) in [5, 5.41) is 11.0. The smallest absolute Gasteiger partial charge is 0.274 e. The average Bonchev–Trinajstić information content (AvgIpc) is 3.14. The van der Waals surface area contributed by atoms with Gasteiger partial charge >= 0.3 is 0 Å². The lowest BCUT2D eigenvalue weighted by molar-refractivity contribution is 0.0945. The van der Waals surface area contributed by atoms with Gasteiger partial charge in [0.25, 0.3) is 5.91 Å². The summed E-state index contributed by atoms with van der Waals surface area (Å²) in [5.74, 6) is 1.82. The minimum absolute atomic E-state index is 0.265. The summed E-state index contributed by atoms with van der Waals surface area (Å²) in [6, 6.07) is 12.9. The average molecular weight is 396 g/mol. The first-order valence-corrected chi connectivity index (χ1v) is 9.22. The standard InChI is InChI=1S/C21H24N4O4/c1-5-29-17-8-6-16(7-9-17)25-14(2)20(23-24-25)21(26)22-13-15-12-18(27-3)10-11-19(15)28-4/h6-12H,5,13H2,1-4H3,(H,22,26). The van der Waals surface area contributed by atoms with Crippen LogP contribution in [0.15, 0.2) is 42.5 Å². The molecular formula is C21H24N4O4. The summed E-state index contributed by atoms with van der Waals surface area (Å²) in [6.45, 7) is 4.61. The van der Waals surface area contributed by atoms with Gasteiger partial charge in [0, 0.05) is 12.1 Å². The van der Waals surface area contributed by atoms with Gasteiger partial charge in [0.05, 0.1) is 32.2 Å². The van der Waals surface area contributed by atoms with E-state index in [-0.39, 0.29) is 18.1 Å². The van der Waals surface area contributed by atoms with Crippen LogP contribution in [0.4, 0.5) is 0 Å². The molecule has 8 nitrogen and oxygen atoms in total. The Morgan fingerprint density at radius 1 is 1.07 bits per heavy atom. The van der Waals surface area contributed by atoms with Gasteiger partial charge in [-0.1, -0.05) is 5.21 Å². The lowest BCUT2D eigenvalue weighted by Gasteiger charge is -2.11. The SMILES string of the molecule is CCOc1ccc(-n2nnc(C(=O)NCc3cc(OC)ccc3OC)c2C)cc1. The predicted molar refractivity (Wildman–Crippen MR) is 108 cm³/mol. The lowest BCUT2D eigenvalue weighted by Crippen LogP contribution is -2.24. The van der Waals surface area contributed by atoms with Crippen LogP contribution in [-0.2, 0) is 6.54 Å². The number of rotatable bonds is 8. The monoisotopic (exact) mass is 396 g/mol. The molecule has 0 saturated heterocycles. The van der Waals surface area contributed by atoms with Gasteiger partial charge in [0.1, 0.15) is 17.2 Å². The predicted octanol–water partition coefficient (Wildman–Crippen LogP) is 2.92. The molecule has 1 aromatic heterocycles. The summed E-state index contributed by atoms with van der Waals surface area (Å²) in [5.41, 5.74) is 2.51. The Kier molecular flexibility index (Phi) is 6.33. The van der Waals surface area contributed by atoms with E-state index in [1.165, 1.54) is 0 Å². The highest BCUT2D eigenvalue weighted by Crippen LogP contribution is 2.24. The summed E-state index contributed by atoms with van der Waals surface area (Å²) < 4.78 is 17.7. The number of amides is 1. The zero-order valence-electron chi connectivity index (χ0n) is 16.9. The molecule has 0 aliphatic rings. The van der Waals surface area contributed by atoms with Gasteiger partial charge in [-0.2, -0.15) is 0 Å². The second-order valence-electron chi connectivity index (χ2n) is 6.22. The molecule has 0 aliphatic heterocycles. The molecule has 0 bridgehead atoms. The van der Waals surface area contributed by atoms with Crippen molar-refractivity contribution in [2.24, 2.45) is 0 Å². The van der Waals surface area contributed by atoms with Crippen molar-refractivity contribution in [2.75, 3.05) is 20.8 Å². The number of hydrogen-bond donors (Lipinski definition) is 1. The number of hydrogen-bond acceptors (Lipinski definition) is 6. The molecule has 1 heterocycles. The zero-order valence-corrected chi connectivity index (χ0v) is 16.9.